The Kier molecular flexibility index (Phi) is 18.0. The zero-order chi connectivity index (χ0) is 50.2. The predicted octanol–water partition coefficient (Wildman–Crippen LogP) is 4.25. The number of carbonyl (C=O) groups is 9. The molecule has 6 rings (SSSR count). The van der Waals surface area contributed by atoms with Crippen molar-refractivity contribution in [2.75, 3.05) is 78.8 Å². The van der Waals surface area contributed by atoms with Gasteiger partial charge in [-0.05, 0) is 103 Å². The van der Waals surface area contributed by atoms with Crippen molar-refractivity contribution in [3.8, 4) is 0 Å². The fourth-order valence-electron chi connectivity index (χ4n) is 6.76. The summed E-state index contributed by atoms with van der Waals surface area (Å²) < 4.78 is 41.3. The summed E-state index contributed by atoms with van der Waals surface area (Å²) in [5.41, 5.74) is -2.50. The molecule has 21 heteroatoms. The Morgan fingerprint density at radius 1 is 0.561 bits per heavy atom. The van der Waals surface area contributed by atoms with E-state index in [2.05, 4.69) is 0 Å². The van der Waals surface area contributed by atoms with Crippen LogP contribution in [-0.2, 0) is 61.9 Å². The number of nitrogens with zero attached hydrogens (tertiary/aromatic N) is 4. The van der Waals surface area contributed by atoms with E-state index in [1.165, 1.54) is 20.8 Å². The van der Waals surface area contributed by atoms with Gasteiger partial charge in [-0.25, -0.2) is 24.0 Å². The van der Waals surface area contributed by atoms with Crippen molar-refractivity contribution in [3.05, 3.63) is 11.6 Å². The minimum atomic E-state index is -0.948. The van der Waals surface area contributed by atoms with E-state index in [-0.39, 0.29) is 81.5 Å². The van der Waals surface area contributed by atoms with E-state index in [0.717, 1.165) is 5.57 Å². The first-order valence-electron chi connectivity index (χ1n) is 22.0. The highest BCUT2D eigenvalue weighted by molar-refractivity contribution is 6.03. The fraction of sp³-hybridized carbons (Fsp3) is 0.756. The molecular weight excluding hydrogens is 869 g/mol. The van der Waals surface area contributed by atoms with Crippen LogP contribution in [0.25, 0.3) is 0 Å². The topological polar surface area (TPSA) is 240 Å². The Hall–Kier alpha value is -5.31. The normalized spacial score (nSPS) is 20.3. The van der Waals surface area contributed by atoms with Gasteiger partial charge in [0.1, 0.15) is 52.7 Å². The van der Waals surface area contributed by atoms with Crippen molar-refractivity contribution >= 4 is 53.7 Å². The minimum Gasteiger partial charge on any atom is -0.465 e. The van der Waals surface area contributed by atoms with Crippen molar-refractivity contribution in [2.45, 2.75) is 137 Å². The van der Waals surface area contributed by atoms with Crippen molar-refractivity contribution in [1.82, 2.24) is 19.6 Å². The van der Waals surface area contributed by atoms with Gasteiger partial charge >= 0.3 is 36.3 Å². The van der Waals surface area contributed by atoms with E-state index in [0.29, 0.717) is 39.2 Å². The molecule has 6 saturated heterocycles. The molecule has 21 nitrogen and oxygen atoms in total. The Labute approximate surface area is 386 Å². The molecule has 2 spiro atoms. The highest BCUT2D eigenvalue weighted by Crippen LogP contribution is 2.40. The maximum absolute atomic E-state index is 11.9. The smallest absolute Gasteiger partial charge is 0.411 e. The summed E-state index contributed by atoms with van der Waals surface area (Å²) in [6.45, 7) is 28.3. The van der Waals surface area contributed by atoms with Gasteiger partial charge < -0.3 is 52.6 Å². The molecule has 0 radical (unpaired) electrons. The molecular formula is C45H70N4O17. The van der Waals surface area contributed by atoms with Gasteiger partial charge in [0.15, 0.2) is 17.3 Å². The second kappa shape index (κ2) is 21.5. The number of hydrogen-bond acceptors (Lipinski definition) is 17. The van der Waals surface area contributed by atoms with E-state index in [1.807, 2.05) is 41.5 Å². The zero-order valence-corrected chi connectivity index (χ0v) is 41.1. The van der Waals surface area contributed by atoms with E-state index in [4.69, 9.17) is 37.9 Å². The van der Waals surface area contributed by atoms with E-state index in [9.17, 15) is 43.2 Å². The largest absolute Gasteiger partial charge is 0.465 e. The molecule has 0 bridgehead atoms. The molecule has 6 fully saturated rings. The van der Waals surface area contributed by atoms with Gasteiger partial charge in [0.2, 0.25) is 0 Å². The van der Waals surface area contributed by atoms with Gasteiger partial charge in [-0.2, -0.15) is 0 Å². The van der Waals surface area contributed by atoms with Gasteiger partial charge in [-0.1, -0.05) is 0 Å². The van der Waals surface area contributed by atoms with E-state index >= 15 is 0 Å². The summed E-state index contributed by atoms with van der Waals surface area (Å²) in [6.07, 6.45) is 0.303. The standard InChI is InChI=1S/C14H21NO6.C12H19NO4.C11H17NO4.C8H13NO3/c1-5-19-11(17)10-9(16)6-20-14(10)7-15(8-14)12(18)21-13(2,3)4;1-5-16-10(14)6-9-7-13(8-9)11(15)17-12(2,3)4;1-10(2,3)16-9(14)12-6-11(7-12)4-8(13)5-15-11;1-8(2,3)12-7(11)9-4-6(10)5-9/h10H,5-8H2,1-4H3;6H,5,7-8H2,1-4H3;4-7H2,1-3H3;4-5H2,1-3H3. The molecule has 0 aliphatic carbocycles. The Morgan fingerprint density at radius 2 is 0.970 bits per heavy atom. The molecule has 0 N–H and O–H groups in total. The Bertz CT molecular complexity index is 1860. The summed E-state index contributed by atoms with van der Waals surface area (Å²) in [5.74, 6) is -1.98. The number of amides is 4. The first kappa shape index (κ1) is 55.0. The molecule has 0 aromatic rings. The third-order valence-corrected chi connectivity index (χ3v) is 9.54. The van der Waals surface area contributed by atoms with E-state index in [1.54, 1.807) is 60.3 Å². The second-order valence-electron chi connectivity index (χ2n) is 20.6. The first-order chi connectivity index (χ1) is 30.2. The predicted molar refractivity (Wildman–Crippen MR) is 233 cm³/mol. The van der Waals surface area contributed by atoms with Crippen LogP contribution in [-0.4, -0.2) is 186 Å². The zero-order valence-electron chi connectivity index (χ0n) is 41.1. The third kappa shape index (κ3) is 16.8. The summed E-state index contributed by atoms with van der Waals surface area (Å²) in [4.78, 5) is 109. The molecule has 66 heavy (non-hydrogen) atoms. The monoisotopic (exact) mass is 938 g/mol. The number of ketones is 3. The third-order valence-electron chi connectivity index (χ3n) is 9.54. The second-order valence-corrected chi connectivity index (χ2v) is 20.6. The van der Waals surface area contributed by atoms with Gasteiger partial charge in [-0.15, -0.1) is 0 Å². The Balaban J connectivity index is 0.000000238. The number of esters is 2. The molecule has 4 amide bonds. The quantitative estimate of drug-likeness (QED) is 0.166. The van der Waals surface area contributed by atoms with Crippen LogP contribution in [0.1, 0.15) is 103 Å². The maximum atomic E-state index is 11.9. The molecule has 0 aromatic carbocycles. The lowest BCUT2D eigenvalue weighted by Crippen LogP contribution is -2.68. The molecule has 6 aliphatic rings. The lowest BCUT2D eigenvalue weighted by molar-refractivity contribution is -0.169. The van der Waals surface area contributed by atoms with Crippen molar-refractivity contribution in [2.24, 2.45) is 5.92 Å². The number of rotatable bonds is 4. The fourth-order valence-corrected chi connectivity index (χ4v) is 6.76. The summed E-state index contributed by atoms with van der Waals surface area (Å²) in [6, 6.07) is 0. The number of carbonyl (C=O) groups excluding carboxylic acids is 9. The average molecular weight is 939 g/mol. The molecule has 6 heterocycles. The van der Waals surface area contributed by atoms with Crippen LogP contribution in [0.15, 0.2) is 11.6 Å². The summed E-state index contributed by atoms with van der Waals surface area (Å²) in [5, 5.41) is 0. The lowest BCUT2D eigenvalue weighted by Gasteiger charge is -2.48. The molecule has 0 saturated carbocycles. The van der Waals surface area contributed by atoms with Crippen LogP contribution < -0.4 is 0 Å². The lowest BCUT2D eigenvalue weighted by atomic mass is 9.80. The van der Waals surface area contributed by atoms with Gasteiger partial charge in [0, 0.05) is 25.6 Å². The van der Waals surface area contributed by atoms with Crippen LogP contribution in [0.3, 0.4) is 0 Å². The van der Waals surface area contributed by atoms with Crippen LogP contribution >= 0.6 is 0 Å². The average Bonchev–Trinajstić information content (AvgIpc) is 3.65. The van der Waals surface area contributed by atoms with Gasteiger partial charge in [-0.3, -0.25) is 24.1 Å². The first-order valence-corrected chi connectivity index (χ1v) is 22.0. The van der Waals surface area contributed by atoms with Crippen LogP contribution in [0.4, 0.5) is 19.2 Å². The highest BCUT2D eigenvalue weighted by atomic mass is 16.6. The van der Waals surface area contributed by atoms with E-state index < -0.39 is 57.7 Å². The van der Waals surface area contributed by atoms with Crippen molar-refractivity contribution in [1.29, 1.82) is 0 Å². The van der Waals surface area contributed by atoms with Crippen LogP contribution in [0, 0.1) is 5.92 Å². The Morgan fingerprint density at radius 3 is 1.35 bits per heavy atom. The van der Waals surface area contributed by atoms with Gasteiger partial charge in [0.25, 0.3) is 0 Å². The molecule has 1 unspecified atom stereocenters. The highest BCUT2D eigenvalue weighted by Gasteiger charge is 2.62. The van der Waals surface area contributed by atoms with Crippen LogP contribution in [0.2, 0.25) is 0 Å². The minimum absolute atomic E-state index is 0.0841. The number of hydrogen-bond donors (Lipinski definition) is 0. The molecule has 372 valence electrons. The maximum Gasteiger partial charge on any atom is 0.411 e. The van der Waals surface area contributed by atoms with Gasteiger partial charge in [0.05, 0.1) is 52.5 Å². The number of ether oxygens (including phenoxy) is 8. The molecule has 0 aromatic heterocycles. The molecule has 6 aliphatic heterocycles. The SMILES string of the molecule is CC(C)(C)OC(=O)N1CC(=O)C1.CC(C)(C)OC(=O)N1CC2(CC(=O)CO2)C1.CCOC(=O)C1C(=O)COC12CN(C(=O)OC(C)(C)C)C2.CCOC(=O)C=C1CN(C(=O)OC(C)(C)C)C1. The van der Waals surface area contributed by atoms with Crippen molar-refractivity contribution < 1.29 is 81.0 Å². The summed E-state index contributed by atoms with van der Waals surface area (Å²) in [7, 11) is 0. The summed E-state index contributed by atoms with van der Waals surface area (Å²) >= 11 is 0. The van der Waals surface area contributed by atoms with Crippen LogP contribution in [0.5, 0.6) is 0 Å². The molecule has 1 atom stereocenters. The number of likely N-dealkylation sites (tertiary alicyclic amines) is 4. The number of Topliss-reactive ketones (excluding diaryl/α,β-unsaturated/α-hetero) is 3. The van der Waals surface area contributed by atoms with Crippen molar-refractivity contribution in [3.63, 3.8) is 0 Å².